The van der Waals surface area contributed by atoms with E-state index in [2.05, 4.69) is 89.9 Å². The van der Waals surface area contributed by atoms with Crippen molar-refractivity contribution in [3.63, 3.8) is 0 Å². The summed E-state index contributed by atoms with van der Waals surface area (Å²) in [5.74, 6) is 0.0219. The maximum Gasteiger partial charge on any atom is 0.290 e. The molecule has 2 heterocycles. The lowest BCUT2D eigenvalue weighted by Gasteiger charge is -2.26. The molecule has 2 atom stereocenters. The number of aromatic nitrogens is 2. The van der Waals surface area contributed by atoms with Crippen LogP contribution in [0.3, 0.4) is 0 Å². The Hall–Kier alpha value is -4.16. The lowest BCUT2D eigenvalue weighted by Crippen LogP contribution is -2.37. The minimum atomic E-state index is -0.573. The fourth-order valence-corrected chi connectivity index (χ4v) is 7.02. The number of nitrogens with zero attached hydrogens (tertiary/aromatic N) is 2. The third-order valence-electron chi connectivity index (χ3n) is 9.21. The molecule has 6 rings (SSSR count). The topological polar surface area (TPSA) is 78.4 Å². The number of phenols is 1. The molecule has 1 amide bonds. The fourth-order valence-electron chi connectivity index (χ4n) is 7.02. The van der Waals surface area contributed by atoms with Crippen LogP contribution < -0.4 is 9.88 Å². The number of fused-ring (bicyclic) bond motifs is 3. The number of hydrogen-bond acceptors (Lipinski definition) is 3. The molecule has 0 aliphatic heterocycles. The number of amides is 1. The van der Waals surface area contributed by atoms with Crippen molar-refractivity contribution in [2.75, 3.05) is 6.61 Å². The first-order valence-corrected chi connectivity index (χ1v) is 15.0. The number of pyridine rings is 1. The number of nitrogens with one attached hydrogen (secondary N) is 1. The van der Waals surface area contributed by atoms with Gasteiger partial charge in [-0.25, -0.2) is 9.13 Å². The van der Waals surface area contributed by atoms with Crippen LogP contribution in [0.5, 0.6) is 5.75 Å². The molecule has 1 saturated carbocycles. The number of carbonyl (C=O) groups excluding carboxylic acids is 1. The van der Waals surface area contributed by atoms with Crippen molar-refractivity contribution in [2.24, 2.45) is 13.0 Å². The first-order chi connectivity index (χ1) is 20.4. The van der Waals surface area contributed by atoms with Gasteiger partial charge in [-0.15, -0.1) is 0 Å². The van der Waals surface area contributed by atoms with E-state index >= 15 is 0 Å². The zero-order chi connectivity index (χ0) is 29.4. The van der Waals surface area contributed by atoms with Crippen LogP contribution in [0.15, 0.2) is 78.9 Å². The van der Waals surface area contributed by atoms with Crippen LogP contribution in [0.1, 0.15) is 65.6 Å². The van der Waals surface area contributed by atoms with E-state index in [1.807, 2.05) is 6.07 Å². The van der Waals surface area contributed by atoms with Gasteiger partial charge in [-0.3, -0.25) is 4.79 Å². The van der Waals surface area contributed by atoms with Crippen LogP contribution in [-0.4, -0.2) is 27.3 Å². The Labute approximate surface area is 247 Å². The number of aromatic hydroxyl groups is 1. The summed E-state index contributed by atoms with van der Waals surface area (Å²) >= 11 is 0. The highest BCUT2D eigenvalue weighted by Gasteiger charge is 2.33. The van der Waals surface area contributed by atoms with Crippen LogP contribution in [0, 0.1) is 19.8 Å². The van der Waals surface area contributed by atoms with Crippen LogP contribution in [-0.2, 0) is 18.4 Å². The predicted octanol–water partition coefficient (Wildman–Crippen LogP) is 6.11. The van der Waals surface area contributed by atoms with Gasteiger partial charge in [-0.2, -0.15) is 0 Å². The standard InChI is InChI=1S/C36H39N3O3/c1-23-19-24(2)38(3)36-33(23)30-13-6-7-14-32(30)39(36)21-25-15-17-27(18-16-25)34(26-9-4-5-10-26)35(42)37-31(22-40)28-11-8-12-29(41)20-28/h6-8,11-20,26,31,34,40H,4-5,9-10,21-22H2,1-3H3,(H-,37,41,42)/p+1. The van der Waals surface area contributed by atoms with E-state index in [1.54, 1.807) is 18.2 Å². The highest BCUT2D eigenvalue weighted by Crippen LogP contribution is 2.38. The van der Waals surface area contributed by atoms with E-state index in [0.29, 0.717) is 5.56 Å². The smallest absolute Gasteiger partial charge is 0.290 e. The van der Waals surface area contributed by atoms with Gasteiger partial charge >= 0.3 is 0 Å². The summed E-state index contributed by atoms with van der Waals surface area (Å²) in [6.45, 7) is 4.84. The van der Waals surface area contributed by atoms with Gasteiger partial charge in [0.25, 0.3) is 5.65 Å². The summed E-state index contributed by atoms with van der Waals surface area (Å²) < 4.78 is 4.68. The second-order valence-corrected chi connectivity index (χ2v) is 11.9. The molecule has 0 radical (unpaired) electrons. The zero-order valence-corrected chi connectivity index (χ0v) is 24.7. The maximum atomic E-state index is 13.8. The molecule has 42 heavy (non-hydrogen) atoms. The zero-order valence-electron chi connectivity index (χ0n) is 24.7. The predicted molar refractivity (Wildman–Crippen MR) is 166 cm³/mol. The molecule has 6 nitrogen and oxygen atoms in total. The monoisotopic (exact) mass is 562 g/mol. The number of rotatable bonds is 8. The van der Waals surface area contributed by atoms with E-state index < -0.39 is 6.04 Å². The van der Waals surface area contributed by atoms with Gasteiger partial charge in [0, 0.05) is 5.39 Å². The SMILES string of the molecule is Cc1cc(C)[n+](C)c2c1c1ccccc1n2Cc1ccc(C(C(=O)NC(CO)c2cccc(O)c2)C2CCCC2)cc1. The molecule has 0 spiro atoms. The summed E-state index contributed by atoms with van der Waals surface area (Å²) in [6, 6.07) is 25.6. The van der Waals surface area contributed by atoms with E-state index in [1.165, 1.54) is 38.8 Å². The molecule has 1 aliphatic rings. The number of hydrogen-bond donors (Lipinski definition) is 3. The quantitative estimate of drug-likeness (QED) is 0.200. The molecule has 2 aromatic heterocycles. The molecule has 0 saturated heterocycles. The van der Waals surface area contributed by atoms with Crippen molar-refractivity contribution >= 4 is 27.8 Å². The maximum absolute atomic E-state index is 13.8. The number of para-hydroxylation sites is 1. The Morgan fingerprint density at radius 3 is 2.43 bits per heavy atom. The summed E-state index contributed by atoms with van der Waals surface area (Å²) in [5.41, 5.74) is 7.81. The molecule has 216 valence electrons. The Morgan fingerprint density at radius 2 is 1.71 bits per heavy atom. The molecule has 2 unspecified atom stereocenters. The van der Waals surface area contributed by atoms with Crippen LogP contribution in [0.4, 0.5) is 0 Å². The summed E-state index contributed by atoms with van der Waals surface area (Å²) in [6.07, 6.45) is 4.30. The van der Waals surface area contributed by atoms with E-state index in [0.717, 1.165) is 37.8 Å². The molecule has 1 aliphatic carbocycles. The molecule has 3 aromatic carbocycles. The molecule has 5 aromatic rings. The summed E-state index contributed by atoms with van der Waals surface area (Å²) in [7, 11) is 2.14. The van der Waals surface area contributed by atoms with Crippen molar-refractivity contribution in [1.29, 1.82) is 0 Å². The Kier molecular flexibility index (Phi) is 7.74. The second kappa shape index (κ2) is 11.6. The minimum Gasteiger partial charge on any atom is -0.508 e. The molecule has 1 fully saturated rings. The lowest BCUT2D eigenvalue weighted by atomic mass is 9.83. The van der Waals surface area contributed by atoms with E-state index in [9.17, 15) is 15.0 Å². The third kappa shape index (κ3) is 5.16. The molecular formula is C36H40N3O3+. The van der Waals surface area contributed by atoms with Crippen LogP contribution in [0.25, 0.3) is 21.9 Å². The van der Waals surface area contributed by atoms with Gasteiger partial charge < -0.3 is 15.5 Å². The molecule has 0 bridgehead atoms. The van der Waals surface area contributed by atoms with Crippen molar-refractivity contribution in [2.45, 2.75) is 58.0 Å². The number of phenolic OH excluding ortho intramolecular Hbond substituents is 1. The second-order valence-electron chi connectivity index (χ2n) is 11.9. The van der Waals surface area contributed by atoms with Crippen molar-refractivity contribution in [1.82, 2.24) is 9.88 Å². The largest absolute Gasteiger partial charge is 0.508 e. The van der Waals surface area contributed by atoms with Gasteiger partial charge in [-0.1, -0.05) is 61.4 Å². The summed E-state index contributed by atoms with van der Waals surface area (Å²) in [4.78, 5) is 13.8. The van der Waals surface area contributed by atoms with Gasteiger partial charge in [0.2, 0.25) is 5.91 Å². The Bertz CT molecular complexity index is 1750. The van der Waals surface area contributed by atoms with Crippen LogP contribution >= 0.6 is 0 Å². The van der Waals surface area contributed by atoms with Crippen molar-refractivity contribution in [3.8, 4) is 5.75 Å². The molecular weight excluding hydrogens is 522 g/mol. The average molecular weight is 563 g/mol. The molecule has 6 heteroatoms. The van der Waals surface area contributed by atoms with Gasteiger partial charge in [0.05, 0.1) is 31.0 Å². The van der Waals surface area contributed by atoms with Gasteiger partial charge in [0.15, 0.2) is 0 Å². The number of aliphatic hydroxyl groups excluding tert-OH is 1. The first kappa shape index (κ1) is 28.0. The van der Waals surface area contributed by atoms with E-state index in [4.69, 9.17) is 0 Å². The highest BCUT2D eigenvalue weighted by molar-refractivity contribution is 6.07. The van der Waals surface area contributed by atoms with Crippen molar-refractivity contribution in [3.05, 3.63) is 107 Å². The highest BCUT2D eigenvalue weighted by atomic mass is 16.3. The fraction of sp³-hybridized carbons (Fsp3) is 0.333. The Balaban J connectivity index is 1.32. The third-order valence-corrected chi connectivity index (χ3v) is 9.21. The summed E-state index contributed by atoms with van der Waals surface area (Å²) in [5, 5.41) is 25.7. The number of aliphatic hydroxyl groups is 1. The number of carbonyl (C=O) groups is 1. The van der Waals surface area contributed by atoms with Gasteiger partial charge in [-0.05, 0) is 85.2 Å². The lowest BCUT2D eigenvalue weighted by molar-refractivity contribution is -0.654. The minimum absolute atomic E-state index is 0.0718. The van der Waals surface area contributed by atoms with Gasteiger partial charge in [0.1, 0.15) is 23.5 Å². The average Bonchev–Trinajstić information content (AvgIpc) is 3.63. The Morgan fingerprint density at radius 1 is 0.976 bits per heavy atom. The number of aryl methyl sites for hydroxylation is 3. The first-order valence-electron chi connectivity index (χ1n) is 15.0. The van der Waals surface area contributed by atoms with Crippen LogP contribution in [0.2, 0.25) is 0 Å². The number of benzene rings is 3. The normalized spacial score (nSPS) is 15.3. The molecule has 3 N–H and O–H groups in total. The van der Waals surface area contributed by atoms with Crippen molar-refractivity contribution < 1.29 is 19.6 Å². The van der Waals surface area contributed by atoms with E-state index in [-0.39, 0.29) is 30.1 Å².